The van der Waals surface area contributed by atoms with Crippen LogP contribution in [0.3, 0.4) is 0 Å². The number of carbonyl (C=O) groups is 1. The monoisotopic (exact) mass is 557 g/mol. The summed E-state index contributed by atoms with van der Waals surface area (Å²) in [6.07, 6.45) is 1.51. The molecule has 0 unspecified atom stereocenters. The Morgan fingerprint density at radius 1 is 0.949 bits per heavy atom. The van der Waals surface area contributed by atoms with E-state index < -0.39 is 5.97 Å². The molecular formula is C30H21Cl2N3O4. The fourth-order valence-corrected chi connectivity index (χ4v) is 4.39. The number of carbonyl (C=O) groups excluding carboxylic acids is 1. The molecule has 0 atom stereocenters. The quantitative estimate of drug-likeness (QED) is 0.130. The minimum absolute atomic E-state index is 0.167. The van der Waals surface area contributed by atoms with E-state index in [0.717, 1.165) is 11.1 Å². The van der Waals surface area contributed by atoms with E-state index in [2.05, 4.69) is 5.10 Å². The van der Waals surface area contributed by atoms with Crippen LogP contribution >= 0.6 is 23.2 Å². The van der Waals surface area contributed by atoms with E-state index in [-0.39, 0.29) is 21.9 Å². The van der Waals surface area contributed by atoms with Gasteiger partial charge in [0.2, 0.25) is 0 Å². The van der Waals surface area contributed by atoms with Crippen LogP contribution in [-0.2, 0) is 0 Å². The second kappa shape index (κ2) is 11.1. The molecule has 1 heterocycles. The number of hydrogen-bond acceptors (Lipinski definition) is 6. The average Bonchev–Trinajstić information content (AvgIpc) is 2.93. The molecule has 9 heteroatoms. The molecule has 1 aromatic heterocycles. The Balaban J connectivity index is 1.50. The molecule has 0 aliphatic rings. The Labute approximate surface area is 233 Å². The van der Waals surface area contributed by atoms with E-state index >= 15 is 0 Å². The first-order chi connectivity index (χ1) is 18.8. The summed E-state index contributed by atoms with van der Waals surface area (Å²) in [4.78, 5) is 30.8. The smallest absolute Gasteiger partial charge is 0.345 e. The molecule has 194 valence electrons. The molecule has 0 N–H and O–H groups in total. The van der Waals surface area contributed by atoms with Gasteiger partial charge in [-0.05, 0) is 61.0 Å². The van der Waals surface area contributed by atoms with Gasteiger partial charge >= 0.3 is 5.97 Å². The first kappa shape index (κ1) is 26.2. The van der Waals surface area contributed by atoms with Gasteiger partial charge in [0.25, 0.3) is 5.56 Å². The van der Waals surface area contributed by atoms with Crippen molar-refractivity contribution in [2.45, 2.75) is 6.92 Å². The molecule has 0 saturated carbocycles. The zero-order valence-corrected chi connectivity index (χ0v) is 22.4. The molecule has 0 aliphatic heterocycles. The van der Waals surface area contributed by atoms with Crippen molar-refractivity contribution >= 4 is 46.3 Å². The predicted octanol–water partition coefficient (Wildman–Crippen LogP) is 6.79. The third kappa shape index (κ3) is 5.55. The van der Waals surface area contributed by atoms with Gasteiger partial charge < -0.3 is 9.47 Å². The van der Waals surface area contributed by atoms with Gasteiger partial charge in [0, 0.05) is 10.6 Å². The highest BCUT2D eigenvalue weighted by Crippen LogP contribution is 2.30. The van der Waals surface area contributed by atoms with Crippen LogP contribution < -0.4 is 15.0 Å². The number of esters is 1. The number of para-hydroxylation sites is 1. The summed E-state index contributed by atoms with van der Waals surface area (Å²) >= 11 is 12.1. The first-order valence-electron chi connectivity index (χ1n) is 11.8. The zero-order valence-electron chi connectivity index (χ0n) is 20.9. The maximum atomic E-state index is 13.4. The zero-order chi connectivity index (χ0) is 27.5. The Morgan fingerprint density at radius 3 is 2.46 bits per heavy atom. The van der Waals surface area contributed by atoms with Crippen molar-refractivity contribution in [3.05, 3.63) is 122 Å². The Hall–Kier alpha value is -4.46. The summed E-state index contributed by atoms with van der Waals surface area (Å²) in [5.74, 6) is 0.232. The third-order valence-corrected chi connectivity index (χ3v) is 6.48. The van der Waals surface area contributed by atoms with Crippen LogP contribution in [0.2, 0.25) is 10.0 Å². The van der Waals surface area contributed by atoms with Crippen LogP contribution in [0.5, 0.6) is 11.5 Å². The Morgan fingerprint density at radius 2 is 1.72 bits per heavy atom. The van der Waals surface area contributed by atoms with Gasteiger partial charge in [0.05, 0.1) is 34.8 Å². The van der Waals surface area contributed by atoms with Crippen LogP contribution in [-0.4, -0.2) is 29.0 Å². The number of benzene rings is 4. The molecule has 0 bridgehead atoms. The van der Waals surface area contributed by atoms with Crippen LogP contribution in [0.15, 0.2) is 94.8 Å². The molecule has 0 saturated heterocycles. The highest BCUT2D eigenvalue weighted by Gasteiger charge is 2.17. The number of ether oxygens (including phenoxy) is 2. The van der Waals surface area contributed by atoms with Crippen molar-refractivity contribution in [1.82, 2.24) is 9.66 Å². The molecule has 0 amide bonds. The van der Waals surface area contributed by atoms with Crippen LogP contribution in [0.4, 0.5) is 0 Å². The maximum Gasteiger partial charge on any atom is 0.345 e. The van der Waals surface area contributed by atoms with Gasteiger partial charge in [0.1, 0.15) is 0 Å². The van der Waals surface area contributed by atoms with Crippen molar-refractivity contribution in [3.8, 4) is 22.9 Å². The number of methoxy groups -OCH3 is 1. The normalized spacial score (nSPS) is 11.2. The van der Waals surface area contributed by atoms with Gasteiger partial charge in [-0.15, -0.1) is 0 Å². The lowest BCUT2D eigenvalue weighted by Crippen LogP contribution is -2.20. The summed E-state index contributed by atoms with van der Waals surface area (Å²) in [7, 11) is 1.45. The van der Waals surface area contributed by atoms with Crippen molar-refractivity contribution < 1.29 is 14.3 Å². The van der Waals surface area contributed by atoms with Crippen LogP contribution in [0.25, 0.3) is 22.3 Å². The topological polar surface area (TPSA) is 82.8 Å². The van der Waals surface area contributed by atoms with Crippen molar-refractivity contribution in [1.29, 1.82) is 0 Å². The van der Waals surface area contributed by atoms with E-state index in [1.54, 1.807) is 42.5 Å². The largest absolute Gasteiger partial charge is 0.493 e. The summed E-state index contributed by atoms with van der Waals surface area (Å²) in [5.41, 5.74) is 2.89. The molecule has 39 heavy (non-hydrogen) atoms. The fraction of sp³-hybridized carbons (Fsp3) is 0.0667. The van der Waals surface area contributed by atoms with E-state index in [0.29, 0.717) is 33.1 Å². The van der Waals surface area contributed by atoms with E-state index in [1.807, 2.05) is 37.3 Å². The molecule has 0 aliphatic carbocycles. The number of fused-ring (bicyclic) bond motifs is 1. The van der Waals surface area contributed by atoms with Crippen molar-refractivity contribution in [3.63, 3.8) is 0 Å². The Kier molecular flexibility index (Phi) is 7.45. The number of rotatable bonds is 6. The number of halogens is 2. The second-order valence-electron chi connectivity index (χ2n) is 8.60. The maximum absolute atomic E-state index is 13.4. The van der Waals surface area contributed by atoms with E-state index in [1.165, 1.54) is 30.1 Å². The highest BCUT2D eigenvalue weighted by atomic mass is 35.5. The second-order valence-corrected chi connectivity index (χ2v) is 9.45. The van der Waals surface area contributed by atoms with Gasteiger partial charge in [0.15, 0.2) is 17.3 Å². The molecule has 5 aromatic rings. The van der Waals surface area contributed by atoms with Gasteiger partial charge in [-0.25, -0.2) is 9.78 Å². The van der Waals surface area contributed by atoms with Crippen LogP contribution in [0.1, 0.15) is 21.5 Å². The molecule has 4 aromatic carbocycles. The SMILES string of the molecule is COc1cc(C=Nn2c(-c3ccc(C)cc3)nc3ccccc3c2=O)ccc1OC(=O)c1ccc(Cl)cc1Cl. The first-order valence-corrected chi connectivity index (χ1v) is 12.6. The van der Waals surface area contributed by atoms with Gasteiger partial charge in [-0.3, -0.25) is 4.79 Å². The fourth-order valence-electron chi connectivity index (χ4n) is 3.90. The van der Waals surface area contributed by atoms with Gasteiger partial charge in [-0.1, -0.05) is 65.2 Å². The summed E-state index contributed by atoms with van der Waals surface area (Å²) in [6.45, 7) is 1.99. The molecule has 0 fully saturated rings. The molecular weight excluding hydrogens is 537 g/mol. The van der Waals surface area contributed by atoms with Crippen LogP contribution in [0, 0.1) is 6.92 Å². The third-order valence-electron chi connectivity index (χ3n) is 5.93. The summed E-state index contributed by atoms with van der Waals surface area (Å²) < 4.78 is 12.2. The number of hydrogen-bond donors (Lipinski definition) is 0. The van der Waals surface area contributed by atoms with Gasteiger partial charge in [-0.2, -0.15) is 9.78 Å². The number of aryl methyl sites for hydroxylation is 1. The Bertz CT molecular complexity index is 1800. The lowest BCUT2D eigenvalue weighted by molar-refractivity contribution is 0.0730. The van der Waals surface area contributed by atoms with Crippen molar-refractivity contribution in [2.75, 3.05) is 7.11 Å². The lowest BCUT2D eigenvalue weighted by atomic mass is 10.1. The van der Waals surface area contributed by atoms with Crippen molar-refractivity contribution in [2.24, 2.45) is 5.10 Å². The number of aromatic nitrogens is 2. The number of nitrogens with zero attached hydrogens (tertiary/aromatic N) is 3. The lowest BCUT2D eigenvalue weighted by Gasteiger charge is -2.11. The standard InChI is InChI=1S/C30H21Cl2N3O4/c1-18-7-10-20(11-8-18)28-34-25-6-4-3-5-23(25)29(36)35(28)33-17-19-9-14-26(27(15-19)38-2)39-30(37)22-13-12-21(31)16-24(22)32/h3-17H,1-2H3. The summed E-state index contributed by atoms with van der Waals surface area (Å²) in [5, 5.41) is 5.51. The molecule has 7 nitrogen and oxygen atoms in total. The molecule has 0 radical (unpaired) electrons. The van der Waals surface area contributed by atoms with E-state index in [9.17, 15) is 9.59 Å². The summed E-state index contributed by atoms with van der Waals surface area (Å²) in [6, 6.07) is 24.2. The average molecular weight is 558 g/mol. The molecule has 0 spiro atoms. The predicted molar refractivity (Wildman–Crippen MR) is 154 cm³/mol. The van der Waals surface area contributed by atoms with E-state index in [4.69, 9.17) is 37.7 Å². The highest BCUT2D eigenvalue weighted by molar-refractivity contribution is 6.36. The minimum atomic E-state index is -0.659. The molecule has 5 rings (SSSR count). The minimum Gasteiger partial charge on any atom is -0.493 e.